The van der Waals surface area contributed by atoms with Crippen LogP contribution in [0, 0.1) is 0 Å². The molecule has 0 radical (unpaired) electrons. The summed E-state index contributed by atoms with van der Waals surface area (Å²) in [4.78, 5) is 11.4. The van der Waals surface area contributed by atoms with Gasteiger partial charge in [0, 0.05) is 5.56 Å². The molecule has 1 aromatic rings. The van der Waals surface area contributed by atoms with Crippen molar-refractivity contribution in [2.24, 2.45) is 5.73 Å². The van der Waals surface area contributed by atoms with Crippen LogP contribution in [0.2, 0.25) is 0 Å². The molecule has 0 aromatic heterocycles. The van der Waals surface area contributed by atoms with Crippen molar-refractivity contribution in [2.75, 3.05) is 6.61 Å². The molecule has 0 fully saturated rings. The van der Waals surface area contributed by atoms with Crippen molar-refractivity contribution in [1.29, 1.82) is 0 Å². The minimum atomic E-state index is -0.451. The van der Waals surface area contributed by atoms with E-state index < -0.39 is 6.04 Å². The van der Waals surface area contributed by atoms with Crippen LogP contribution in [0.5, 0.6) is 5.75 Å². The van der Waals surface area contributed by atoms with Crippen molar-refractivity contribution >= 4 is 5.78 Å². The number of hydrogen-bond donors (Lipinski definition) is 1. The molecule has 76 valence electrons. The Bertz CT molecular complexity index is 304. The maximum atomic E-state index is 11.4. The highest BCUT2D eigenvalue weighted by molar-refractivity contribution is 5.99. The molecule has 3 nitrogen and oxygen atoms in total. The zero-order valence-electron chi connectivity index (χ0n) is 8.49. The van der Waals surface area contributed by atoms with Crippen LogP contribution in [-0.2, 0) is 0 Å². The Labute approximate surface area is 83.9 Å². The lowest BCUT2D eigenvalue weighted by Gasteiger charge is -2.06. The highest BCUT2D eigenvalue weighted by Gasteiger charge is 2.09. The summed E-state index contributed by atoms with van der Waals surface area (Å²) in [7, 11) is 0. The van der Waals surface area contributed by atoms with Crippen molar-refractivity contribution in [3.63, 3.8) is 0 Å². The van der Waals surface area contributed by atoms with Crippen LogP contribution in [0.25, 0.3) is 0 Å². The summed E-state index contributed by atoms with van der Waals surface area (Å²) in [6.07, 6.45) is 0. The normalized spacial score (nSPS) is 12.2. The molecular formula is C11H15NO2. The lowest BCUT2D eigenvalue weighted by atomic mass is 10.1. The van der Waals surface area contributed by atoms with Gasteiger partial charge in [0.05, 0.1) is 12.6 Å². The second-order valence-corrected chi connectivity index (χ2v) is 3.11. The summed E-state index contributed by atoms with van der Waals surface area (Å²) in [6.45, 7) is 4.22. The summed E-state index contributed by atoms with van der Waals surface area (Å²) in [5.41, 5.74) is 6.11. The molecule has 0 spiro atoms. The van der Waals surface area contributed by atoms with Crippen LogP contribution in [-0.4, -0.2) is 18.4 Å². The summed E-state index contributed by atoms with van der Waals surface area (Å²) in [5.74, 6) is 0.724. The van der Waals surface area contributed by atoms with Crippen LogP contribution >= 0.6 is 0 Å². The van der Waals surface area contributed by atoms with Gasteiger partial charge in [-0.15, -0.1) is 0 Å². The maximum Gasteiger partial charge on any atom is 0.179 e. The molecule has 2 N–H and O–H groups in total. The number of hydrogen-bond acceptors (Lipinski definition) is 3. The van der Waals surface area contributed by atoms with Crippen molar-refractivity contribution < 1.29 is 9.53 Å². The van der Waals surface area contributed by atoms with Crippen LogP contribution in [0.4, 0.5) is 0 Å². The number of ether oxygens (including phenoxy) is 1. The van der Waals surface area contributed by atoms with Gasteiger partial charge >= 0.3 is 0 Å². The summed E-state index contributed by atoms with van der Waals surface area (Å²) >= 11 is 0. The molecule has 0 bridgehead atoms. The first-order chi connectivity index (χ1) is 6.65. The number of benzene rings is 1. The molecule has 0 aliphatic carbocycles. The molecule has 14 heavy (non-hydrogen) atoms. The second-order valence-electron chi connectivity index (χ2n) is 3.11. The van der Waals surface area contributed by atoms with Gasteiger partial charge in [-0.2, -0.15) is 0 Å². The Hall–Kier alpha value is -1.35. The van der Waals surface area contributed by atoms with Crippen LogP contribution in [0.15, 0.2) is 24.3 Å². The third kappa shape index (κ3) is 2.57. The van der Waals surface area contributed by atoms with E-state index >= 15 is 0 Å². The van der Waals surface area contributed by atoms with Crippen LogP contribution < -0.4 is 10.5 Å². The third-order valence-electron chi connectivity index (χ3n) is 1.86. The summed E-state index contributed by atoms with van der Waals surface area (Å²) < 4.78 is 5.26. The molecular weight excluding hydrogens is 178 g/mol. The highest BCUT2D eigenvalue weighted by atomic mass is 16.5. The fourth-order valence-corrected chi connectivity index (χ4v) is 1.14. The first-order valence-corrected chi connectivity index (χ1v) is 4.67. The van der Waals surface area contributed by atoms with Gasteiger partial charge in [0.25, 0.3) is 0 Å². The smallest absolute Gasteiger partial charge is 0.179 e. The van der Waals surface area contributed by atoms with Crippen molar-refractivity contribution in [3.05, 3.63) is 29.8 Å². The first kappa shape index (κ1) is 10.7. The zero-order chi connectivity index (χ0) is 10.6. The van der Waals surface area contributed by atoms with Crippen LogP contribution in [0.3, 0.4) is 0 Å². The molecule has 1 aromatic carbocycles. The average molecular weight is 193 g/mol. The predicted molar refractivity (Wildman–Crippen MR) is 55.6 cm³/mol. The van der Waals surface area contributed by atoms with Gasteiger partial charge in [0.15, 0.2) is 5.78 Å². The Morgan fingerprint density at radius 2 is 2.00 bits per heavy atom. The van der Waals surface area contributed by atoms with E-state index in [1.54, 1.807) is 31.2 Å². The summed E-state index contributed by atoms with van der Waals surface area (Å²) in [5, 5.41) is 0. The SMILES string of the molecule is CCOc1ccc(C(=O)C(C)N)cc1. The van der Waals surface area contributed by atoms with Gasteiger partial charge in [0.1, 0.15) is 5.75 Å². The van der Waals surface area contributed by atoms with Gasteiger partial charge in [-0.25, -0.2) is 0 Å². The van der Waals surface area contributed by atoms with E-state index in [9.17, 15) is 4.79 Å². The Morgan fingerprint density at radius 1 is 1.43 bits per heavy atom. The number of ketones is 1. The molecule has 0 saturated heterocycles. The van der Waals surface area contributed by atoms with E-state index in [2.05, 4.69) is 0 Å². The molecule has 0 aliphatic rings. The first-order valence-electron chi connectivity index (χ1n) is 4.67. The third-order valence-corrected chi connectivity index (χ3v) is 1.86. The molecule has 3 heteroatoms. The molecule has 0 aliphatic heterocycles. The Balaban J connectivity index is 2.78. The van der Waals surface area contributed by atoms with E-state index in [4.69, 9.17) is 10.5 Å². The highest BCUT2D eigenvalue weighted by Crippen LogP contribution is 2.12. The maximum absolute atomic E-state index is 11.4. The molecule has 0 amide bonds. The standard InChI is InChI=1S/C11H15NO2/c1-3-14-10-6-4-9(5-7-10)11(13)8(2)12/h4-8H,3,12H2,1-2H3. The monoisotopic (exact) mass is 193 g/mol. The van der Waals surface area contributed by atoms with E-state index in [0.29, 0.717) is 12.2 Å². The Kier molecular flexibility index (Phi) is 3.65. The molecule has 0 heterocycles. The average Bonchev–Trinajstić information content (AvgIpc) is 2.18. The molecule has 0 saturated carbocycles. The number of Topliss-reactive ketones (excluding diaryl/α,β-unsaturated/α-hetero) is 1. The zero-order valence-corrected chi connectivity index (χ0v) is 8.49. The predicted octanol–water partition coefficient (Wildman–Crippen LogP) is 1.62. The van der Waals surface area contributed by atoms with E-state index in [-0.39, 0.29) is 5.78 Å². The quantitative estimate of drug-likeness (QED) is 0.739. The fourth-order valence-electron chi connectivity index (χ4n) is 1.14. The Morgan fingerprint density at radius 3 is 2.43 bits per heavy atom. The number of rotatable bonds is 4. The second kappa shape index (κ2) is 4.77. The van der Waals surface area contributed by atoms with Gasteiger partial charge in [0.2, 0.25) is 0 Å². The van der Waals surface area contributed by atoms with Crippen molar-refractivity contribution in [1.82, 2.24) is 0 Å². The molecule has 1 unspecified atom stereocenters. The van der Waals surface area contributed by atoms with Gasteiger partial charge in [-0.3, -0.25) is 4.79 Å². The van der Waals surface area contributed by atoms with E-state index in [1.807, 2.05) is 6.92 Å². The van der Waals surface area contributed by atoms with Gasteiger partial charge < -0.3 is 10.5 Å². The minimum absolute atomic E-state index is 0.0481. The lowest BCUT2D eigenvalue weighted by molar-refractivity contribution is 0.0968. The van der Waals surface area contributed by atoms with Crippen molar-refractivity contribution in [2.45, 2.75) is 19.9 Å². The van der Waals surface area contributed by atoms with Crippen LogP contribution in [0.1, 0.15) is 24.2 Å². The van der Waals surface area contributed by atoms with E-state index in [0.717, 1.165) is 5.75 Å². The van der Waals surface area contributed by atoms with Crippen molar-refractivity contribution in [3.8, 4) is 5.75 Å². The minimum Gasteiger partial charge on any atom is -0.494 e. The number of nitrogens with two attached hydrogens (primary N) is 1. The van der Waals surface area contributed by atoms with Gasteiger partial charge in [-0.05, 0) is 38.1 Å². The topological polar surface area (TPSA) is 52.3 Å². The number of carbonyl (C=O) groups excluding carboxylic acids is 1. The largest absolute Gasteiger partial charge is 0.494 e. The summed E-state index contributed by atoms with van der Waals surface area (Å²) in [6, 6.07) is 6.57. The fraction of sp³-hybridized carbons (Fsp3) is 0.364. The number of carbonyl (C=O) groups is 1. The lowest BCUT2D eigenvalue weighted by Crippen LogP contribution is -2.26. The van der Waals surface area contributed by atoms with Gasteiger partial charge in [-0.1, -0.05) is 0 Å². The molecule has 1 rings (SSSR count). The molecule has 1 atom stereocenters. The van der Waals surface area contributed by atoms with E-state index in [1.165, 1.54) is 0 Å².